The average molecular weight is 183 g/mol. The summed E-state index contributed by atoms with van der Waals surface area (Å²) >= 11 is 0. The standard InChI is InChI=1S/C8H12BO2S/c1-12(2)8-5-3-7(4-6-8)9(10)11/h3-6,10-11H,1-2H3/q+1. The number of benzene rings is 1. The van der Waals surface area contributed by atoms with Crippen molar-refractivity contribution in [2.24, 2.45) is 0 Å². The lowest BCUT2D eigenvalue weighted by molar-refractivity contribution is 0.426. The number of hydrogen-bond donors (Lipinski definition) is 2. The van der Waals surface area contributed by atoms with Crippen LogP contribution in [0.25, 0.3) is 0 Å². The highest BCUT2D eigenvalue weighted by atomic mass is 32.2. The van der Waals surface area contributed by atoms with Crippen LogP contribution in [0.1, 0.15) is 0 Å². The fraction of sp³-hybridized carbons (Fsp3) is 0.250. The molecule has 64 valence electrons. The van der Waals surface area contributed by atoms with Crippen molar-refractivity contribution in [3.8, 4) is 0 Å². The second kappa shape index (κ2) is 3.98. The Morgan fingerprint density at radius 2 is 1.58 bits per heavy atom. The maximum atomic E-state index is 8.81. The van der Waals surface area contributed by atoms with E-state index in [-0.39, 0.29) is 10.9 Å². The maximum absolute atomic E-state index is 8.81. The number of hydrogen-bond acceptors (Lipinski definition) is 2. The van der Waals surface area contributed by atoms with Gasteiger partial charge in [0, 0.05) is 10.9 Å². The Kier molecular flexibility index (Phi) is 3.20. The second-order valence-electron chi connectivity index (χ2n) is 2.76. The molecule has 2 N–H and O–H groups in total. The Morgan fingerprint density at radius 3 is 1.92 bits per heavy atom. The predicted octanol–water partition coefficient (Wildman–Crippen LogP) is -0.397. The molecule has 1 aromatic carbocycles. The molecule has 0 saturated carbocycles. The van der Waals surface area contributed by atoms with Gasteiger partial charge in [0.05, 0.1) is 0 Å². The summed E-state index contributed by atoms with van der Waals surface area (Å²) in [5, 5.41) is 17.6. The lowest BCUT2D eigenvalue weighted by Crippen LogP contribution is -2.29. The molecule has 0 amide bonds. The summed E-state index contributed by atoms with van der Waals surface area (Å²) in [6, 6.07) is 7.34. The predicted molar refractivity (Wildman–Crippen MR) is 53.7 cm³/mol. The molecule has 4 heteroatoms. The van der Waals surface area contributed by atoms with Crippen LogP contribution in [0.2, 0.25) is 0 Å². The molecule has 0 aliphatic heterocycles. The summed E-state index contributed by atoms with van der Waals surface area (Å²) in [6.07, 6.45) is 4.26. The van der Waals surface area contributed by atoms with E-state index in [0.717, 1.165) is 0 Å². The van der Waals surface area contributed by atoms with Gasteiger partial charge in [0.15, 0.2) is 4.90 Å². The van der Waals surface area contributed by atoms with Gasteiger partial charge in [-0.05, 0) is 17.6 Å². The zero-order valence-corrected chi connectivity index (χ0v) is 8.01. The van der Waals surface area contributed by atoms with Crippen LogP contribution in [-0.2, 0) is 10.9 Å². The van der Waals surface area contributed by atoms with Gasteiger partial charge >= 0.3 is 7.12 Å². The van der Waals surface area contributed by atoms with E-state index in [4.69, 9.17) is 10.0 Å². The molecule has 0 atom stereocenters. The summed E-state index contributed by atoms with van der Waals surface area (Å²) in [5.74, 6) is 0. The van der Waals surface area contributed by atoms with Gasteiger partial charge in [-0.2, -0.15) is 0 Å². The molecule has 0 fully saturated rings. The van der Waals surface area contributed by atoms with Gasteiger partial charge in [0.25, 0.3) is 0 Å². The van der Waals surface area contributed by atoms with E-state index in [1.807, 2.05) is 12.1 Å². The first-order valence-corrected chi connectivity index (χ1v) is 5.69. The van der Waals surface area contributed by atoms with Crippen molar-refractivity contribution < 1.29 is 10.0 Å². The molecule has 0 heterocycles. The summed E-state index contributed by atoms with van der Waals surface area (Å²) in [7, 11) is -1.12. The van der Waals surface area contributed by atoms with Gasteiger partial charge in [0.2, 0.25) is 0 Å². The van der Waals surface area contributed by atoms with Crippen LogP contribution < -0.4 is 5.46 Å². The fourth-order valence-corrected chi connectivity index (χ4v) is 1.59. The smallest absolute Gasteiger partial charge is 0.423 e. The Bertz CT molecular complexity index is 219. The molecule has 0 aromatic heterocycles. The molecule has 0 aliphatic carbocycles. The van der Waals surface area contributed by atoms with Crippen LogP contribution in [0.15, 0.2) is 29.2 Å². The van der Waals surface area contributed by atoms with Crippen molar-refractivity contribution in [2.75, 3.05) is 12.5 Å². The highest BCUT2D eigenvalue weighted by Crippen LogP contribution is 2.05. The molecule has 0 aliphatic rings. The van der Waals surface area contributed by atoms with Gasteiger partial charge in [-0.1, -0.05) is 12.1 Å². The topological polar surface area (TPSA) is 40.5 Å². The van der Waals surface area contributed by atoms with Crippen molar-refractivity contribution in [3.05, 3.63) is 24.3 Å². The van der Waals surface area contributed by atoms with E-state index >= 15 is 0 Å². The molecule has 1 aromatic rings. The lowest BCUT2D eigenvalue weighted by Gasteiger charge is -1.99. The first-order valence-electron chi connectivity index (χ1n) is 3.65. The van der Waals surface area contributed by atoms with Crippen LogP contribution in [0.5, 0.6) is 0 Å². The molecule has 1 rings (SSSR count). The summed E-state index contributed by atoms with van der Waals surface area (Å²) in [4.78, 5) is 1.24. The Morgan fingerprint density at radius 1 is 1.08 bits per heavy atom. The first kappa shape index (κ1) is 9.64. The third-order valence-electron chi connectivity index (χ3n) is 1.65. The SMILES string of the molecule is C[S+](C)c1ccc(B(O)O)cc1. The van der Waals surface area contributed by atoms with Crippen molar-refractivity contribution in [1.82, 2.24) is 0 Å². The molecule has 0 radical (unpaired) electrons. The second-order valence-corrected chi connectivity index (χ2v) is 4.86. The fourth-order valence-electron chi connectivity index (χ4n) is 0.912. The molecule has 0 unspecified atom stereocenters. The van der Waals surface area contributed by atoms with E-state index in [1.54, 1.807) is 12.1 Å². The van der Waals surface area contributed by atoms with Crippen molar-refractivity contribution in [3.63, 3.8) is 0 Å². The van der Waals surface area contributed by atoms with E-state index < -0.39 is 7.12 Å². The normalized spacial score (nSPS) is 10.4. The van der Waals surface area contributed by atoms with Gasteiger partial charge in [-0.3, -0.25) is 0 Å². The molecule has 12 heavy (non-hydrogen) atoms. The van der Waals surface area contributed by atoms with E-state index in [0.29, 0.717) is 5.46 Å². The summed E-state index contributed by atoms with van der Waals surface area (Å²) in [6.45, 7) is 0. The quantitative estimate of drug-likeness (QED) is 0.484. The van der Waals surface area contributed by atoms with Crippen LogP contribution in [0, 0.1) is 0 Å². The van der Waals surface area contributed by atoms with E-state index in [9.17, 15) is 0 Å². The zero-order valence-electron chi connectivity index (χ0n) is 7.19. The number of rotatable bonds is 2. The molecule has 2 nitrogen and oxygen atoms in total. The molecule has 0 saturated heterocycles. The van der Waals surface area contributed by atoms with Crippen LogP contribution in [-0.4, -0.2) is 29.7 Å². The van der Waals surface area contributed by atoms with Gasteiger partial charge in [0.1, 0.15) is 12.5 Å². The minimum absolute atomic E-state index is 0.236. The zero-order chi connectivity index (χ0) is 9.14. The Labute approximate surface area is 75.7 Å². The highest BCUT2D eigenvalue weighted by molar-refractivity contribution is 7.95. The van der Waals surface area contributed by atoms with E-state index in [2.05, 4.69) is 12.5 Å². The van der Waals surface area contributed by atoms with Crippen molar-refractivity contribution in [1.29, 1.82) is 0 Å². The lowest BCUT2D eigenvalue weighted by atomic mass is 9.81. The molecular formula is C8H12BO2S+. The minimum atomic E-state index is -1.35. The van der Waals surface area contributed by atoms with Crippen molar-refractivity contribution >= 4 is 23.5 Å². The monoisotopic (exact) mass is 183 g/mol. The highest BCUT2D eigenvalue weighted by Gasteiger charge is 2.12. The third-order valence-corrected chi connectivity index (χ3v) is 2.86. The largest absolute Gasteiger partial charge is 0.488 e. The van der Waals surface area contributed by atoms with Crippen LogP contribution in [0.3, 0.4) is 0 Å². The Balaban J connectivity index is 2.86. The van der Waals surface area contributed by atoms with Gasteiger partial charge < -0.3 is 10.0 Å². The van der Waals surface area contributed by atoms with E-state index in [1.165, 1.54) is 4.90 Å². The average Bonchev–Trinajstić information content (AvgIpc) is 2.04. The van der Waals surface area contributed by atoms with Crippen LogP contribution >= 0.6 is 0 Å². The van der Waals surface area contributed by atoms with Crippen molar-refractivity contribution in [2.45, 2.75) is 4.90 Å². The molecule has 0 bridgehead atoms. The molecular weight excluding hydrogens is 171 g/mol. The Hall–Kier alpha value is -0.445. The minimum Gasteiger partial charge on any atom is -0.423 e. The maximum Gasteiger partial charge on any atom is 0.488 e. The van der Waals surface area contributed by atoms with Crippen LogP contribution in [0.4, 0.5) is 0 Å². The van der Waals surface area contributed by atoms with Gasteiger partial charge in [-0.15, -0.1) is 0 Å². The summed E-state index contributed by atoms with van der Waals surface area (Å²) in [5.41, 5.74) is 0.546. The molecule has 0 spiro atoms. The third kappa shape index (κ3) is 2.27. The summed E-state index contributed by atoms with van der Waals surface area (Å²) < 4.78 is 0. The van der Waals surface area contributed by atoms with Gasteiger partial charge in [-0.25, -0.2) is 0 Å². The first-order chi connectivity index (χ1) is 5.61.